The van der Waals surface area contributed by atoms with Gasteiger partial charge in [-0.2, -0.15) is 0 Å². The number of aromatic nitrogens is 2. The maximum atomic E-state index is 11.6. The molecule has 1 fully saturated rings. The first-order valence-electron chi connectivity index (χ1n) is 5.73. The number of phosphoric acid groups is 1. The standard InChI is InChI=1S/C9H13N2O9P/c12-3-4-7(20-21(16,17)18)6(14)8(19-4)11-2-1-5(13)10-9(11)15/h1-2,4,6-8,12,14H,3H2,(H,10,13,15)(H2,16,17,18)/t4?,6-,7+,8+/m0/s1. The number of H-pyrrole nitrogens is 1. The fourth-order valence-corrected chi connectivity index (χ4v) is 2.59. The molecule has 118 valence electrons. The van der Waals surface area contributed by atoms with E-state index in [0.717, 1.165) is 16.8 Å². The van der Waals surface area contributed by atoms with E-state index in [1.54, 1.807) is 0 Å². The van der Waals surface area contributed by atoms with Crippen LogP contribution in [0.4, 0.5) is 0 Å². The summed E-state index contributed by atoms with van der Waals surface area (Å²) in [5.41, 5.74) is -1.55. The lowest BCUT2D eigenvalue weighted by Crippen LogP contribution is -2.38. The predicted octanol–water partition coefficient (Wildman–Crippen LogP) is -2.73. The van der Waals surface area contributed by atoms with Crippen LogP contribution in [0.1, 0.15) is 6.23 Å². The molecule has 0 bridgehead atoms. The van der Waals surface area contributed by atoms with E-state index < -0.39 is 50.2 Å². The van der Waals surface area contributed by atoms with Crippen molar-refractivity contribution in [3.8, 4) is 0 Å². The molecule has 2 heterocycles. The normalized spacial score (nSPS) is 29.7. The highest BCUT2D eigenvalue weighted by Gasteiger charge is 2.48. The Bertz CT molecular complexity index is 664. The van der Waals surface area contributed by atoms with Crippen molar-refractivity contribution in [3.05, 3.63) is 33.1 Å². The van der Waals surface area contributed by atoms with Gasteiger partial charge >= 0.3 is 13.5 Å². The van der Waals surface area contributed by atoms with Crippen LogP contribution in [0.15, 0.2) is 21.9 Å². The summed E-state index contributed by atoms with van der Waals surface area (Å²) in [5.74, 6) is 0. The van der Waals surface area contributed by atoms with Crippen molar-refractivity contribution < 1.29 is 33.8 Å². The topological polar surface area (TPSA) is 171 Å². The molecule has 0 aliphatic carbocycles. The molecule has 0 amide bonds. The van der Waals surface area contributed by atoms with E-state index in [4.69, 9.17) is 19.6 Å². The maximum Gasteiger partial charge on any atom is 0.470 e. The van der Waals surface area contributed by atoms with Crippen LogP contribution in [-0.2, 0) is 13.8 Å². The zero-order chi connectivity index (χ0) is 15.8. The third-order valence-electron chi connectivity index (χ3n) is 2.87. The Balaban J connectivity index is 2.33. The number of aliphatic hydroxyl groups is 2. The Hall–Kier alpha value is -1.33. The van der Waals surface area contributed by atoms with E-state index in [1.807, 2.05) is 4.98 Å². The Labute approximate surface area is 116 Å². The smallest absolute Gasteiger partial charge is 0.394 e. The average Bonchev–Trinajstić information content (AvgIpc) is 2.65. The minimum atomic E-state index is -4.94. The van der Waals surface area contributed by atoms with Gasteiger partial charge in [0.25, 0.3) is 5.56 Å². The van der Waals surface area contributed by atoms with Crippen LogP contribution < -0.4 is 11.2 Å². The summed E-state index contributed by atoms with van der Waals surface area (Å²) >= 11 is 0. The first kappa shape index (κ1) is 16.0. The number of ether oxygens (including phenoxy) is 1. The molecule has 5 N–H and O–H groups in total. The molecule has 1 aliphatic heterocycles. The number of aromatic amines is 1. The van der Waals surface area contributed by atoms with Crippen molar-refractivity contribution >= 4 is 7.82 Å². The predicted molar refractivity (Wildman–Crippen MR) is 65.2 cm³/mol. The summed E-state index contributed by atoms with van der Waals surface area (Å²) in [6, 6.07) is 1.00. The summed E-state index contributed by atoms with van der Waals surface area (Å²) < 4.78 is 21.2. The number of hydrogen-bond donors (Lipinski definition) is 5. The molecule has 11 nitrogen and oxygen atoms in total. The molecule has 2 rings (SSSR count). The zero-order valence-corrected chi connectivity index (χ0v) is 11.3. The van der Waals surface area contributed by atoms with Crippen LogP contribution in [-0.4, -0.2) is 54.5 Å². The quantitative estimate of drug-likeness (QED) is 0.368. The van der Waals surface area contributed by atoms with Gasteiger partial charge in [0.1, 0.15) is 18.3 Å². The summed E-state index contributed by atoms with van der Waals surface area (Å²) in [6.45, 7) is -0.698. The Morgan fingerprint density at radius 3 is 2.62 bits per heavy atom. The molecule has 1 unspecified atom stereocenters. The number of hydrogen-bond acceptors (Lipinski definition) is 7. The summed E-state index contributed by atoms with van der Waals surface area (Å²) in [6.07, 6.45) is -4.76. The van der Waals surface area contributed by atoms with Gasteiger partial charge in [-0.05, 0) is 0 Å². The second kappa shape index (κ2) is 5.81. The molecule has 1 aromatic heterocycles. The first-order valence-corrected chi connectivity index (χ1v) is 7.26. The van der Waals surface area contributed by atoms with Gasteiger partial charge in [0.2, 0.25) is 0 Å². The molecule has 12 heteroatoms. The molecule has 1 aromatic rings. The molecule has 1 aliphatic rings. The van der Waals surface area contributed by atoms with Crippen LogP contribution in [0.3, 0.4) is 0 Å². The van der Waals surface area contributed by atoms with Crippen molar-refractivity contribution in [2.24, 2.45) is 0 Å². The van der Waals surface area contributed by atoms with Crippen molar-refractivity contribution in [1.29, 1.82) is 0 Å². The van der Waals surface area contributed by atoms with Crippen LogP contribution in [0.5, 0.6) is 0 Å². The molecule has 0 radical (unpaired) electrons. The lowest BCUT2D eigenvalue weighted by molar-refractivity contribution is -0.0549. The van der Waals surface area contributed by atoms with E-state index >= 15 is 0 Å². The summed E-state index contributed by atoms with van der Waals surface area (Å²) in [5, 5.41) is 19.1. The van der Waals surface area contributed by atoms with Gasteiger partial charge in [0, 0.05) is 12.3 Å². The van der Waals surface area contributed by atoms with Gasteiger partial charge in [-0.3, -0.25) is 18.9 Å². The molecular formula is C9H13N2O9P. The molecular weight excluding hydrogens is 311 g/mol. The number of rotatable bonds is 4. The monoisotopic (exact) mass is 324 g/mol. The molecule has 21 heavy (non-hydrogen) atoms. The molecule has 0 saturated carbocycles. The second-order valence-electron chi connectivity index (χ2n) is 4.32. The largest absolute Gasteiger partial charge is 0.470 e. The molecule has 0 aromatic carbocycles. The lowest BCUT2D eigenvalue weighted by atomic mass is 10.1. The fourth-order valence-electron chi connectivity index (χ4n) is 2.01. The van der Waals surface area contributed by atoms with Crippen molar-refractivity contribution in [2.45, 2.75) is 24.5 Å². The van der Waals surface area contributed by atoms with E-state index in [9.17, 15) is 19.3 Å². The fraction of sp³-hybridized carbons (Fsp3) is 0.556. The SMILES string of the molecule is O=c1ccn([C@@H]2OC(CO)[C@@H](OP(=O)(O)O)[C@@H]2O)c(=O)[nH]1. The maximum absolute atomic E-state index is 11.6. The van der Waals surface area contributed by atoms with Gasteiger partial charge < -0.3 is 24.7 Å². The molecule has 1 saturated heterocycles. The third kappa shape index (κ3) is 3.47. The molecule has 0 spiro atoms. The number of nitrogens with one attached hydrogen (secondary N) is 1. The van der Waals surface area contributed by atoms with Gasteiger partial charge in [0.05, 0.1) is 6.61 Å². The average molecular weight is 324 g/mol. The molecule has 4 atom stereocenters. The minimum Gasteiger partial charge on any atom is -0.394 e. The van der Waals surface area contributed by atoms with Gasteiger partial charge in [-0.25, -0.2) is 9.36 Å². The highest BCUT2D eigenvalue weighted by atomic mass is 31.2. The second-order valence-corrected chi connectivity index (χ2v) is 5.51. The Kier molecular flexibility index (Phi) is 4.44. The van der Waals surface area contributed by atoms with Crippen LogP contribution in [0, 0.1) is 0 Å². The Morgan fingerprint density at radius 1 is 1.43 bits per heavy atom. The third-order valence-corrected chi connectivity index (χ3v) is 3.39. The lowest BCUT2D eigenvalue weighted by Gasteiger charge is -2.20. The van der Waals surface area contributed by atoms with Crippen molar-refractivity contribution in [1.82, 2.24) is 9.55 Å². The van der Waals surface area contributed by atoms with Crippen LogP contribution in [0.25, 0.3) is 0 Å². The zero-order valence-electron chi connectivity index (χ0n) is 10.4. The number of phosphoric ester groups is 1. The van der Waals surface area contributed by atoms with Gasteiger partial charge in [-0.15, -0.1) is 0 Å². The van der Waals surface area contributed by atoms with Gasteiger partial charge in [0.15, 0.2) is 6.23 Å². The Morgan fingerprint density at radius 2 is 2.10 bits per heavy atom. The first-order chi connectivity index (χ1) is 9.73. The van der Waals surface area contributed by atoms with E-state index in [0.29, 0.717) is 0 Å². The highest BCUT2D eigenvalue weighted by Crippen LogP contribution is 2.43. The highest BCUT2D eigenvalue weighted by molar-refractivity contribution is 7.46. The van der Waals surface area contributed by atoms with Crippen molar-refractivity contribution in [3.63, 3.8) is 0 Å². The van der Waals surface area contributed by atoms with E-state index in [1.165, 1.54) is 0 Å². The van der Waals surface area contributed by atoms with Crippen LogP contribution in [0.2, 0.25) is 0 Å². The van der Waals surface area contributed by atoms with E-state index in [-0.39, 0.29) is 0 Å². The number of nitrogens with zero attached hydrogens (tertiary/aromatic N) is 1. The van der Waals surface area contributed by atoms with Crippen molar-refractivity contribution in [2.75, 3.05) is 6.61 Å². The van der Waals surface area contributed by atoms with E-state index in [2.05, 4.69) is 4.52 Å². The summed E-state index contributed by atoms with van der Waals surface area (Å²) in [7, 11) is -4.94. The van der Waals surface area contributed by atoms with Crippen LogP contribution >= 0.6 is 7.82 Å². The summed E-state index contributed by atoms with van der Waals surface area (Å²) in [4.78, 5) is 42.1. The number of aliphatic hydroxyl groups excluding tert-OH is 2. The minimum absolute atomic E-state index is 0.662. The van der Waals surface area contributed by atoms with Gasteiger partial charge in [-0.1, -0.05) is 0 Å².